The molecule has 2 N–H and O–H groups in total. The number of β-amino-alcohol motifs (C(OH)–C–C–N with tert-alkyl or cyclic N) is 1. The van der Waals surface area contributed by atoms with Gasteiger partial charge in [0.15, 0.2) is 0 Å². The van der Waals surface area contributed by atoms with Gasteiger partial charge in [0.25, 0.3) is 0 Å². The second kappa shape index (κ2) is 6.31. The van der Waals surface area contributed by atoms with E-state index < -0.39 is 5.60 Å². The number of aromatic amines is 1. The van der Waals surface area contributed by atoms with E-state index >= 15 is 0 Å². The lowest BCUT2D eigenvalue weighted by Crippen LogP contribution is -2.53. The molecule has 2 aliphatic rings. The molecule has 2 aliphatic heterocycles. The summed E-state index contributed by atoms with van der Waals surface area (Å²) in [6, 6.07) is 0. The van der Waals surface area contributed by atoms with Gasteiger partial charge in [-0.2, -0.15) is 15.4 Å². The number of carbonyl (C=O) groups excluding carboxylic acids is 1. The molecule has 0 spiro atoms. The molecule has 8 nitrogen and oxygen atoms in total. The lowest BCUT2D eigenvalue weighted by molar-refractivity contribution is -0.136. The van der Waals surface area contributed by atoms with Gasteiger partial charge in [0, 0.05) is 32.7 Å². The molecule has 2 fully saturated rings. The first-order chi connectivity index (χ1) is 10.6. The fourth-order valence-corrected chi connectivity index (χ4v) is 3.24. The van der Waals surface area contributed by atoms with Crippen LogP contribution in [0.4, 0.5) is 0 Å². The van der Waals surface area contributed by atoms with Gasteiger partial charge >= 0.3 is 0 Å². The highest BCUT2D eigenvalue weighted by Gasteiger charge is 2.38. The first-order valence-electron chi connectivity index (χ1n) is 7.84. The van der Waals surface area contributed by atoms with Gasteiger partial charge in [-0.1, -0.05) is 0 Å². The van der Waals surface area contributed by atoms with Crippen LogP contribution in [0.25, 0.3) is 0 Å². The fraction of sp³-hybridized carbons (Fsp3) is 0.786. The quantitative estimate of drug-likeness (QED) is 0.734. The summed E-state index contributed by atoms with van der Waals surface area (Å²) in [7, 11) is 2.07. The minimum atomic E-state index is -1.01. The average Bonchev–Trinajstić information content (AvgIpc) is 3.03. The number of likely N-dealkylation sites (tertiary alicyclic amines) is 1. The maximum atomic E-state index is 12.4. The molecule has 0 saturated carbocycles. The van der Waals surface area contributed by atoms with Gasteiger partial charge in [-0.15, -0.1) is 0 Å². The van der Waals surface area contributed by atoms with Crippen LogP contribution >= 0.6 is 0 Å². The summed E-state index contributed by atoms with van der Waals surface area (Å²) in [5.74, 6) is 0.150. The Morgan fingerprint density at radius 2 is 2.14 bits per heavy atom. The number of piperazine rings is 1. The molecule has 22 heavy (non-hydrogen) atoms. The Kier molecular flexibility index (Phi) is 4.42. The van der Waals surface area contributed by atoms with Crippen LogP contribution in [0.1, 0.15) is 18.5 Å². The molecular formula is C14H24N6O2. The Hall–Kier alpha value is -1.51. The van der Waals surface area contributed by atoms with Crippen molar-refractivity contribution in [1.82, 2.24) is 30.1 Å². The number of aliphatic hydroxyl groups is 1. The summed E-state index contributed by atoms with van der Waals surface area (Å²) in [5.41, 5.74) is -0.447. The maximum Gasteiger partial charge on any atom is 0.236 e. The predicted octanol–water partition coefficient (Wildman–Crippen LogP) is -1.14. The molecule has 0 radical (unpaired) electrons. The Labute approximate surface area is 130 Å². The van der Waals surface area contributed by atoms with Crippen LogP contribution in [0.3, 0.4) is 0 Å². The van der Waals surface area contributed by atoms with E-state index in [1.54, 1.807) is 6.20 Å². The fourth-order valence-electron chi connectivity index (χ4n) is 3.24. The molecule has 1 unspecified atom stereocenters. The minimum absolute atomic E-state index is 0.150. The summed E-state index contributed by atoms with van der Waals surface area (Å²) >= 11 is 0. The van der Waals surface area contributed by atoms with Crippen molar-refractivity contribution < 1.29 is 9.90 Å². The smallest absolute Gasteiger partial charge is 0.236 e. The highest BCUT2D eigenvalue weighted by Crippen LogP contribution is 2.29. The van der Waals surface area contributed by atoms with Crippen LogP contribution in [0.5, 0.6) is 0 Å². The molecule has 1 atom stereocenters. The molecule has 1 aromatic heterocycles. The van der Waals surface area contributed by atoms with E-state index in [0.717, 1.165) is 39.1 Å². The van der Waals surface area contributed by atoms with Crippen molar-refractivity contribution in [3.63, 3.8) is 0 Å². The number of carbonyl (C=O) groups is 1. The topological polar surface area (TPSA) is 88.6 Å². The molecule has 0 bridgehead atoms. The van der Waals surface area contributed by atoms with E-state index in [1.165, 1.54) is 0 Å². The zero-order valence-corrected chi connectivity index (χ0v) is 13.0. The maximum absolute atomic E-state index is 12.4. The second-order valence-corrected chi connectivity index (χ2v) is 6.39. The van der Waals surface area contributed by atoms with Crippen LogP contribution in [0, 0.1) is 0 Å². The van der Waals surface area contributed by atoms with E-state index in [9.17, 15) is 9.90 Å². The molecule has 2 saturated heterocycles. The third-order valence-electron chi connectivity index (χ3n) is 4.66. The highest BCUT2D eigenvalue weighted by atomic mass is 16.3. The zero-order valence-electron chi connectivity index (χ0n) is 13.0. The number of nitrogens with one attached hydrogen (secondary N) is 1. The predicted molar refractivity (Wildman–Crippen MR) is 80.0 cm³/mol. The van der Waals surface area contributed by atoms with E-state index in [-0.39, 0.29) is 5.91 Å². The lowest BCUT2D eigenvalue weighted by Gasteiger charge is -2.39. The van der Waals surface area contributed by atoms with Crippen LogP contribution in [0.15, 0.2) is 6.20 Å². The van der Waals surface area contributed by atoms with Crippen molar-refractivity contribution in [2.24, 2.45) is 0 Å². The summed E-state index contributed by atoms with van der Waals surface area (Å²) in [6.07, 6.45) is 3.06. The Morgan fingerprint density at radius 3 is 2.82 bits per heavy atom. The molecule has 3 rings (SSSR count). The highest BCUT2D eigenvalue weighted by molar-refractivity contribution is 5.78. The van der Waals surface area contributed by atoms with Crippen LogP contribution in [-0.2, 0) is 10.4 Å². The first-order valence-corrected chi connectivity index (χ1v) is 7.84. The van der Waals surface area contributed by atoms with Crippen molar-refractivity contribution >= 4 is 5.91 Å². The number of aromatic nitrogens is 3. The number of rotatable bonds is 3. The summed E-state index contributed by atoms with van der Waals surface area (Å²) in [5, 5.41) is 21.1. The molecule has 0 aromatic carbocycles. The van der Waals surface area contributed by atoms with Crippen LogP contribution < -0.4 is 0 Å². The standard InChI is InChI=1S/C14H24N6O2/c1-18-5-7-20(8-6-18)13(21)10-19-4-2-3-14(22,11-19)12-9-15-17-16-12/h9,22H,2-8,10-11H2,1H3,(H,15,16,17). The number of hydrogen-bond donors (Lipinski definition) is 2. The van der Waals surface area contributed by atoms with Crippen molar-refractivity contribution in [3.8, 4) is 0 Å². The monoisotopic (exact) mass is 308 g/mol. The van der Waals surface area contributed by atoms with E-state index in [4.69, 9.17) is 0 Å². The molecule has 1 amide bonds. The summed E-state index contributed by atoms with van der Waals surface area (Å²) in [6.45, 7) is 5.05. The third kappa shape index (κ3) is 3.29. The number of hydrogen-bond acceptors (Lipinski definition) is 6. The van der Waals surface area contributed by atoms with Gasteiger partial charge in [-0.05, 0) is 26.4 Å². The van der Waals surface area contributed by atoms with Gasteiger partial charge in [-0.25, -0.2) is 0 Å². The van der Waals surface area contributed by atoms with E-state index in [2.05, 4.69) is 27.4 Å². The second-order valence-electron chi connectivity index (χ2n) is 6.39. The van der Waals surface area contributed by atoms with Gasteiger partial charge in [0.1, 0.15) is 11.3 Å². The molecule has 8 heteroatoms. The Balaban J connectivity index is 1.57. The largest absolute Gasteiger partial charge is 0.382 e. The Morgan fingerprint density at radius 1 is 1.36 bits per heavy atom. The van der Waals surface area contributed by atoms with Gasteiger partial charge in [0.05, 0.1) is 12.7 Å². The van der Waals surface area contributed by atoms with Crippen molar-refractivity contribution in [2.75, 3.05) is 52.9 Å². The van der Waals surface area contributed by atoms with E-state index in [1.807, 2.05) is 9.80 Å². The molecule has 3 heterocycles. The summed E-state index contributed by atoms with van der Waals surface area (Å²) in [4.78, 5) is 18.6. The third-order valence-corrected chi connectivity index (χ3v) is 4.66. The average molecular weight is 308 g/mol. The SMILES string of the molecule is CN1CCN(C(=O)CN2CCCC(O)(c3cn[nH]n3)C2)CC1. The zero-order chi connectivity index (χ0) is 15.6. The van der Waals surface area contributed by atoms with Crippen molar-refractivity contribution in [1.29, 1.82) is 0 Å². The first kappa shape index (κ1) is 15.4. The van der Waals surface area contributed by atoms with Crippen LogP contribution in [0.2, 0.25) is 0 Å². The number of H-pyrrole nitrogens is 1. The Bertz CT molecular complexity index is 499. The minimum Gasteiger partial charge on any atom is -0.382 e. The van der Waals surface area contributed by atoms with Gasteiger partial charge < -0.3 is 14.9 Å². The summed E-state index contributed by atoms with van der Waals surface area (Å²) < 4.78 is 0. The molecular weight excluding hydrogens is 284 g/mol. The molecule has 122 valence electrons. The van der Waals surface area contributed by atoms with Gasteiger partial charge in [-0.3, -0.25) is 9.69 Å². The number of amides is 1. The number of likely N-dealkylation sites (N-methyl/N-ethyl adjacent to an activating group) is 1. The molecule has 1 aromatic rings. The van der Waals surface area contributed by atoms with Crippen molar-refractivity contribution in [3.05, 3.63) is 11.9 Å². The molecule has 0 aliphatic carbocycles. The van der Waals surface area contributed by atoms with E-state index in [0.29, 0.717) is 25.2 Å². The number of nitrogens with zero attached hydrogens (tertiary/aromatic N) is 5. The van der Waals surface area contributed by atoms with Crippen molar-refractivity contribution in [2.45, 2.75) is 18.4 Å². The van der Waals surface area contributed by atoms with Crippen LogP contribution in [-0.4, -0.2) is 94.0 Å². The normalized spacial score (nSPS) is 28.0. The number of piperidine rings is 1. The van der Waals surface area contributed by atoms with Gasteiger partial charge in [0.2, 0.25) is 5.91 Å². The lowest BCUT2D eigenvalue weighted by atomic mass is 9.90.